The molecule has 2 aromatic carbocycles. The first-order valence-corrected chi connectivity index (χ1v) is 13.8. The number of imidazole rings is 1. The van der Waals surface area contributed by atoms with Crippen molar-refractivity contribution in [2.75, 3.05) is 19.6 Å². The highest BCUT2D eigenvalue weighted by molar-refractivity contribution is 5.99. The van der Waals surface area contributed by atoms with Gasteiger partial charge in [-0.1, -0.05) is 73.5 Å². The van der Waals surface area contributed by atoms with Gasteiger partial charge in [-0.3, -0.25) is 4.79 Å². The topological polar surface area (TPSA) is 108 Å². The lowest BCUT2D eigenvalue weighted by atomic mass is 9.91. The molecular formula is C30H35F3N4O4. The van der Waals surface area contributed by atoms with Crippen molar-refractivity contribution in [1.29, 1.82) is 0 Å². The number of aliphatic carboxylic acids is 1. The third-order valence-electron chi connectivity index (χ3n) is 7.53. The first kappa shape index (κ1) is 30.3. The number of nitrogens with one attached hydrogen (secondary N) is 1. The van der Waals surface area contributed by atoms with Crippen LogP contribution >= 0.6 is 0 Å². The van der Waals surface area contributed by atoms with E-state index in [1.807, 2.05) is 60.4 Å². The van der Waals surface area contributed by atoms with Crippen molar-refractivity contribution < 1.29 is 33.0 Å². The van der Waals surface area contributed by atoms with Crippen LogP contribution in [0.1, 0.15) is 53.6 Å². The summed E-state index contributed by atoms with van der Waals surface area (Å²) in [6.07, 6.45) is -0.890. The quantitative estimate of drug-likeness (QED) is 0.412. The third-order valence-corrected chi connectivity index (χ3v) is 7.53. The Morgan fingerprint density at radius 2 is 1.63 bits per heavy atom. The summed E-state index contributed by atoms with van der Waals surface area (Å²) in [5.74, 6) is -1.98. The van der Waals surface area contributed by atoms with Crippen LogP contribution in [0, 0.1) is 6.92 Å². The van der Waals surface area contributed by atoms with Gasteiger partial charge in [0.15, 0.2) is 5.69 Å². The molecule has 0 bridgehead atoms. The summed E-state index contributed by atoms with van der Waals surface area (Å²) in [6.45, 7) is 4.16. The number of carbonyl (C=O) groups excluding carboxylic acids is 1. The largest absolute Gasteiger partial charge is 0.490 e. The number of nitrogens with zero attached hydrogens (tertiary/aromatic N) is 3. The van der Waals surface area contributed by atoms with Gasteiger partial charge >= 0.3 is 12.1 Å². The number of carboxylic acid groups (broad SMARTS) is 1. The number of carboxylic acids is 1. The van der Waals surface area contributed by atoms with Crippen LogP contribution in [0.4, 0.5) is 13.2 Å². The number of alkyl halides is 3. The number of rotatable bonds is 5. The molecule has 0 spiro atoms. The number of amides is 1. The van der Waals surface area contributed by atoms with E-state index in [-0.39, 0.29) is 18.0 Å². The molecular weight excluding hydrogens is 537 g/mol. The lowest BCUT2D eigenvalue weighted by Gasteiger charge is -2.36. The van der Waals surface area contributed by atoms with E-state index in [2.05, 4.69) is 22.0 Å². The Hall–Kier alpha value is -3.70. The Morgan fingerprint density at radius 1 is 1.02 bits per heavy atom. The fourth-order valence-corrected chi connectivity index (χ4v) is 5.60. The van der Waals surface area contributed by atoms with Crippen LogP contribution in [0.2, 0.25) is 0 Å². The molecule has 3 N–H and O–H groups in total. The molecule has 1 saturated carbocycles. The Bertz CT molecular complexity index is 1310. The Balaban J connectivity index is 0.000000493. The van der Waals surface area contributed by atoms with Crippen molar-refractivity contribution in [3.05, 3.63) is 77.7 Å². The third kappa shape index (κ3) is 7.34. The number of aromatic nitrogens is 2. The van der Waals surface area contributed by atoms with Gasteiger partial charge in [-0.15, -0.1) is 0 Å². The lowest BCUT2D eigenvalue weighted by Crippen LogP contribution is -2.54. The molecule has 3 aromatic rings. The van der Waals surface area contributed by atoms with Gasteiger partial charge in [-0.2, -0.15) is 13.2 Å². The molecule has 1 amide bonds. The molecule has 1 aliphatic heterocycles. The molecule has 2 heterocycles. The number of benzene rings is 2. The normalized spacial score (nSPS) is 21.1. The summed E-state index contributed by atoms with van der Waals surface area (Å²) in [5.41, 5.74) is 3.54. The first-order chi connectivity index (χ1) is 19.6. The molecule has 1 aromatic heterocycles. The molecule has 41 heavy (non-hydrogen) atoms. The molecule has 2 fully saturated rings. The standard InChI is InChI=1S/C28H34N4O2.C2HF3O2/c1-20-30-26(28(34)31-17-16-29-19-23(31)18-21-10-4-2-5-11-21)27(22-12-6-3-7-13-22)32(20)24-14-8-9-15-25(24)33;3-2(4,5)1(6)7/h2-7,10-13,23-25,29,33H,8-9,14-19H2,1H3;(H,6,7)/t23-,24+,25+;/m1./s1. The maximum atomic E-state index is 14.1. The molecule has 1 saturated heterocycles. The second kappa shape index (κ2) is 13.3. The molecule has 220 valence electrons. The molecule has 5 rings (SSSR count). The second-order valence-electron chi connectivity index (χ2n) is 10.4. The van der Waals surface area contributed by atoms with E-state index in [4.69, 9.17) is 14.9 Å². The zero-order chi connectivity index (χ0) is 29.6. The highest BCUT2D eigenvalue weighted by Crippen LogP contribution is 2.36. The van der Waals surface area contributed by atoms with Crippen LogP contribution in [-0.2, 0) is 11.2 Å². The molecule has 0 radical (unpaired) electrons. The predicted molar refractivity (Wildman–Crippen MR) is 147 cm³/mol. The van der Waals surface area contributed by atoms with E-state index in [0.717, 1.165) is 62.3 Å². The number of aryl methyl sites for hydroxylation is 1. The average molecular weight is 573 g/mol. The summed E-state index contributed by atoms with van der Waals surface area (Å²) in [5, 5.41) is 21.5. The van der Waals surface area contributed by atoms with Crippen molar-refractivity contribution in [1.82, 2.24) is 19.8 Å². The number of halogens is 3. The van der Waals surface area contributed by atoms with Crippen molar-refractivity contribution in [3.63, 3.8) is 0 Å². The molecule has 8 nitrogen and oxygen atoms in total. The van der Waals surface area contributed by atoms with Gasteiger partial charge < -0.3 is 25.0 Å². The van der Waals surface area contributed by atoms with E-state index in [1.165, 1.54) is 5.56 Å². The van der Waals surface area contributed by atoms with E-state index in [9.17, 15) is 23.1 Å². The summed E-state index contributed by atoms with van der Waals surface area (Å²) in [7, 11) is 0. The highest BCUT2D eigenvalue weighted by Gasteiger charge is 2.38. The smallest absolute Gasteiger partial charge is 0.475 e. The summed E-state index contributed by atoms with van der Waals surface area (Å²) in [6, 6.07) is 20.4. The van der Waals surface area contributed by atoms with Crippen molar-refractivity contribution in [2.24, 2.45) is 0 Å². The fourth-order valence-electron chi connectivity index (χ4n) is 5.60. The minimum absolute atomic E-state index is 0.0200. The van der Waals surface area contributed by atoms with Crippen LogP contribution in [0.3, 0.4) is 0 Å². The minimum atomic E-state index is -5.08. The number of piperazine rings is 1. The minimum Gasteiger partial charge on any atom is -0.475 e. The first-order valence-electron chi connectivity index (χ1n) is 13.8. The van der Waals surface area contributed by atoms with Gasteiger partial charge in [0, 0.05) is 31.2 Å². The number of hydrogen-bond donors (Lipinski definition) is 3. The van der Waals surface area contributed by atoms with Crippen molar-refractivity contribution in [2.45, 2.75) is 63.4 Å². The fraction of sp³-hybridized carbons (Fsp3) is 0.433. The van der Waals surface area contributed by atoms with E-state index in [0.29, 0.717) is 12.2 Å². The summed E-state index contributed by atoms with van der Waals surface area (Å²) >= 11 is 0. The SMILES string of the molecule is Cc1nc(C(=O)N2CCNC[C@H]2Cc2ccccc2)c(-c2ccccc2)n1[C@H]1CCCC[C@@H]1O.O=C(O)C(F)(F)F. The zero-order valence-electron chi connectivity index (χ0n) is 22.8. The molecule has 1 aliphatic carbocycles. The summed E-state index contributed by atoms with van der Waals surface area (Å²) in [4.78, 5) is 29.8. The number of aliphatic hydroxyl groups is 1. The average Bonchev–Trinajstić information content (AvgIpc) is 3.31. The van der Waals surface area contributed by atoms with Crippen LogP contribution in [0.25, 0.3) is 11.3 Å². The van der Waals surface area contributed by atoms with Gasteiger partial charge in [-0.05, 0) is 31.7 Å². The lowest BCUT2D eigenvalue weighted by molar-refractivity contribution is -0.192. The van der Waals surface area contributed by atoms with Crippen molar-refractivity contribution in [3.8, 4) is 11.3 Å². The van der Waals surface area contributed by atoms with Crippen LogP contribution in [0.5, 0.6) is 0 Å². The van der Waals surface area contributed by atoms with E-state index < -0.39 is 18.2 Å². The van der Waals surface area contributed by atoms with Gasteiger partial charge in [0.05, 0.1) is 17.8 Å². The monoisotopic (exact) mass is 572 g/mol. The molecule has 11 heteroatoms. The Kier molecular flexibility index (Phi) is 9.82. The van der Waals surface area contributed by atoms with Gasteiger partial charge in [0.1, 0.15) is 5.82 Å². The maximum Gasteiger partial charge on any atom is 0.490 e. The Morgan fingerprint density at radius 3 is 2.24 bits per heavy atom. The number of aliphatic hydroxyl groups excluding tert-OH is 1. The zero-order valence-corrected chi connectivity index (χ0v) is 22.8. The Labute approximate surface area is 236 Å². The van der Waals surface area contributed by atoms with Crippen LogP contribution in [0.15, 0.2) is 60.7 Å². The van der Waals surface area contributed by atoms with E-state index >= 15 is 0 Å². The van der Waals surface area contributed by atoms with Crippen LogP contribution < -0.4 is 5.32 Å². The highest BCUT2D eigenvalue weighted by atomic mass is 19.4. The van der Waals surface area contributed by atoms with Gasteiger partial charge in [0.25, 0.3) is 5.91 Å². The number of carbonyl (C=O) groups is 2. The predicted octanol–water partition coefficient (Wildman–Crippen LogP) is 4.62. The molecule has 0 unspecified atom stereocenters. The van der Waals surface area contributed by atoms with Gasteiger partial charge in [-0.25, -0.2) is 9.78 Å². The maximum absolute atomic E-state index is 14.1. The second-order valence-corrected chi connectivity index (χ2v) is 10.4. The van der Waals surface area contributed by atoms with E-state index in [1.54, 1.807) is 0 Å². The number of hydrogen-bond acceptors (Lipinski definition) is 5. The molecule has 3 atom stereocenters. The van der Waals surface area contributed by atoms with Gasteiger partial charge in [0.2, 0.25) is 0 Å². The molecule has 2 aliphatic rings. The van der Waals surface area contributed by atoms with Crippen molar-refractivity contribution >= 4 is 11.9 Å². The van der Waals surface area contributed by atoms with Crippen LogP contribution in [-0.4, -0.2) is 74.5 Å². The summed E-state index contributed by atoms with van der Waals surface area (Å²) < 4.78 is 33.9.